The molecular formula is C19H36N6O2. The van der Waals surface area contributed by atoms with Gasteiger partial charge in [-0.2, -0.15) is 4.98 Å². The van der Waals surface area contributed by atoms with Crippen LogP contribution in [0.2, 0.25) is 0 Å². The lowest BCUT2D eigenvalue weighted by Gasteiger charge is -2.33. The molecule has 0 radical (unpaired) electrons. The first-order chi connectivity index (χ1) is 13.0. The van der Waals surface area contributed by atoms with Gasteiger partial charge in [0.25, 0.3) is 0 Å². The highest BCUT2D eigenvalue weighted by atomic mass is 16.5. The predicted octanol–water partition coefficient (Wildman–Crippen LogP) is 2.34. The Morgan fingerprint density at radius 3 is 2.67 bits per heavy atom. The van der Waals surface area contributed by atoms with Gasteiger partial charge >= 0.3 is 0 Å². The fourth-order valence-electron chi connectivity index (χ4n) is 3.26. The molecule has 1 unspecified atom stereocenters. The number of piperidine rings is 1. The molecule has 1 atom stereocenters. The zero-order valence-electron chi connectivity index (χ0n) is 17.5. The first-order valence-corrected chi connectivity index (χ1v) is 10.2. The smallest absolute Gasteiger partial charge is 0.248 e. The van der Waals surface area contributed by atoms with Crippen LogP contribution in [0.15, 0.2) is 9.52 Å². The second kappa shape index (κ2) is 11.2. The van der Waals surface area contributed by atoms with E-state index in [0.717, 1.165) is 44.4 Å². The summed E-state index contributed by atoms with van der Waals surface area (Å²) in [4.78, 5) is 11.5. The molecule has 0 spiro atoms. The molecule has 27 heavy (non-hydrogen) atoms. The third-order valence-corrected chi connectivity index (χ3v) is 4.53. The van der Waals surface area contributed by atoms with Gasteiger partial charge in [0.2, 0.25) is 5.89 Å². The average Bonchev–Trinajstić information content (AvgIpc) is 3.10. The van der Waals surface area contributed by atoms with Crippen LogP contribution in [0.5, 0.6) is 0 Å². The highest BCUT2D eigenvalue weighted by Crippen LogP contribution is 2.14. The van der Waals surface area contributed by atoms with E-state index in [1.54, 1.807) is 0 Å². The van der Waals surface area contributed by atoms with E-state index in [1.165, 1.54) is 6.54 Å². The van der Waals surface area contributed by atoms with Gasteiger partial charge in [0.15, 0.2) is 11.8 Å². The van der Waals surface area contributed by atoms with Crippen LogP contribution in [0.1, 0.15) is 65.3 Å². The maximum atomic E-state index is 5.49. The second-order valence-electron chi connectivity index (χ2n) is 7.45. The Balaban J connectivity index is 1.86. The summed E-state index contributed by atoms with van der Waals surface area (Å²) in [5, 5.41) is 10.8. The topological polar surface area (TPSA) is 87.8 Å². The molecule has 1 aromatic rings. The van der Waals surface area contributed by atoms with Gasteiger partial charge in [-0.05, 0) is 39.5 Å². The Labute approximate surface area is 163 Å². The largest absolute Gasteiger partial charge is 0.371 e. The molecule has 0 aliphatic carbocycles. The summed E-state index contributed by atoms with van der Waals surface area (Å²) < 4.78 is 10.8. The summed E-state index contributed by atoms with van der Waals surface area (Å²) >= 11 is 0. The number of nitrogens with one attached hydrogen (secondary N) is 2. The summed E-state index contributed by atoms with van der Waals surface area (Å²) in [6, 6.07) is 0.447. The van der Waals surface area contributed by atoms with Gasteiger partial charge in [0.05, 0.1) is 0 Å². The lowest BCUT2D eigenvalue weighted by atomic mass is 10.0. The first kappa shape index (κ1) is 21.6. The first-order valence-electron chi connectivity index (χ1n) is 10.2. The van der Waals surface area contributed by atoms with Gasteiger partial charge in [0.1, 0.15) is 12.6 Å². The van der Waals surface area contributed by atoms with Crippen LogP contribution >= 0.6 is 0 Å². The molecule has 1 aromatic heterocycles. The Hall–Kier alpha value is -1.67. The van der Waals surface area contributed by atoms with E-state index in [2.05, 4.69) is 51.4 Å². The van der Waals surface area contributed by atoms with Crippen molar-refractivity contribution in [3.63, 3.8) is 0 Å². The zero-order chi connectivity index (χ0) is 19.6. The molecule has 0 amide bonds. The number of likely N-dealkylation sites (tertiary alicyclic amines) is 1. The van der Waals surface area contributed by atoms with Gasteiger partial charge in [-0.3, -0.25) is 0 Å². The van der Waals surface area contributed by atoms with Gasteiger partial charge in [-0.15, -0.1) is 0 Å². The van der Waals surface area contributed by atoms with E-state index in [1.807, 2.05) is 13.8 Å². The minimum absolute atomic E-state index is 0.168. The van der Waals surface area contributed by atoms with Gasteiger partial charge in [-0.25, -0.2) is 4.99 Å². The summed E-state index contributed by atoms with van der Waals surface area (Å²) in [7, 11) is 0. The van der Waals surface area contributed by atoms with Gasteiger partial charge in [0, 0.05) is 38.8 Å². The number of hydrogen-bond donors (Lipinski definition) is 2. The minimum Gasteiger partial charge on any atom is -0.371 e. The minimum atomic E-state index is -0.168. The van der Waals surface area contributed by atoms with Crippen LogP contribution in [0.25, 0.3) is 0 Å². The van der Waals surface area contributed by atoms with E-state index in [9.17, 15) is 0 Å². The summed E-state index contributed by atoms with van der Waals surface area (Å²) in [5.74, 6) is 2.59. The number of hydrogen-bond acceptors (Lipinski definition) is 6. The number of aliphatic imine (C=N–C) groups is 1. The van der Waals surface area contributed by atoms with Crippen LogP contribution in [0.3, 0.4) is 0 Å². The lowest BCUT2D eigenvalue weighted by Crippen LogP contribution is -2.49. The van der Waals surface area contributed by atoms with Crippen LogP contribution in [0, 0.1) is 5.92 Å². The quantitative estimate of drug-likeness (QED) is 0.502. The maximum absolute atomic E-state index is 5.49. The average molecular weight is 381 g/mol. The Morgan fingerprint density at radius 1 is 1.30 bits per heavy atom. The van der Waals surface area contributed by atoms with Crippen molar-refractivity contribution in [3.8, 4) is 0 Å². The third kappa shape index (κ3) is 7.46. The molecule has 1 saturated heterocycles. The highest BCUT2D eigenvalue weighted by molar-refractivity contribution is 5.80. The number of rotatable bonds is 9. The van der Waals surface area contributed by atoms with E-state index >= 15 is 0 Å². The van der Waals surface area contributed by atoms with Crippen LogP contribution in [-0.4, -0.2) is 59.8 Å². The predicted molar refractivity (Wildman–Crippen MR) is 107 cm³/mol. The number of ether oxygens (including phenoxy) is 1. The molecule has 0 saturated carbocycles. The number of guanidine groups is 1. The van der Waals surface area contributed by atoms with Crippen molar-refractivity contribution in [2.24, 2.45) is 10.9 Å². The van der Waals surface area contributed by atoms with Crippen molar-refractivity contribution in [2.45, 2.75) is 66.2 Å². The normalized spacial score (nSPS) is 18.1. The highest BCUT2D eigenvalue weighted by Gasteiger charge is 2.20. The van der Waals surface area contributed by atoms with Crippen molar-refractivity contribution >= 4 is 5.96 Å². The third-order valence-electron chi connectivity index (χ3n) is 4.53. The van der Waals surface area contributed by atoms with Crippen molar-refractivity contribution in [3.05, 3.63) is 11.7 Å². The van der Waals surface area contributed by atoms with Crippen LogP contribution in [0.4, 0.5) is 0 Å². The Morgan fingerprint density at radius 2 is 2.04 bits per heavy atom. The van der Waals surface area contributed by atoms with Crippen LogP contribution in [-0.2, 0) is 11.3 Å². The summed E-state index contributed by atoms with van der Waals surface area (Å²) in [6.07, 6.45) is 2.10. The molecule has 1 fully saturated rings. The SMILES string of the molecule is CCNC(=NCc1nc(C(C)OCC)no1)NC1CCN(CC(C)C)CC1. The van der Waals surface area contributed by atoms with E-state index in [4.69, 9.17) is 9.26 Å². The number of nitrogens with zero attached hydrogens (tertiary/aromatic N) is 4. The molecule has 8 heteroatoms. The molecule has 2 rings (SSSR count). The Bertz CT molecular complexity index is 566. The molecular weight excluding hydrogens is 344 g/mol. The second-order valence-corrected chi connectivity index (χ2v) is 7.45. The molecule has 8 nitrogen and oxygen atoms in total. The molecule has 1 aliphatic rings. The number of aromatic nitrogens is 2. The van der Waals surface area contributed by atoms with E-state index in [0.29, 0.717) is 30.9 Å². The lowest BCUT2D eigenvalue weighted by molar-refractivity contribution is 0.0683. The van der Waals surface area contributed by atoms with Crippen molar-refractivity contribution in [1.29, 1.82) is 0 Å². The summed E-state index contributed by atoms with van der Waals surface area (Å²) in [5.41, 5.74) is 0. The molecule has 2 heterocycles. The standard InChI is InChI=1S/C19H36N6O2/c1-6-20-19(22-16-8-10-25(11-9-16)13-14(3)4)21-12-17-23-18(24-27-17)15(5)26-7-2/h14-16H,6-13H2,1-5H3,(H2,20,21,22). The Kier molecular flexibility index (Phi) is 9.00. The molecule has 154 valence electrons. The monoisotopic (exact) mass is 380 g/mol. The fourth-order valence-corrected chi connectivity index (χ4v) is 3.26. The summed E-state index contributed by atoms with van der Waals surface area (Å²) in [6.45, 7) is 15.7. The van der Waals surface area contributed by atoms with Gasteiger partial charge < -0.3 is 24.8 Å². The molecule has 1 aliphatic heterocycles. The maximum Gasteiger partial charge on any atom is 0.248 e. The molecule has 0 aromatic carbocycles. The molecule has 0 bridgehead atoms. The van der Waals surface area contributed by atoms with Gasteiger partial charge in [-0.1, -0.05) is 19.0 Å². The van der Waals surface area contributed by atoms with Crippen molar-refractivity contribution in [1.82, 2.24) is 25.7 Å². The van der Waals surface area contributed by atoms with Crippen molar-refractivity contribution in [2.75, 3.05) is 32.8 Å². The molecule has 2 N–H and O–H groups in total. The van der Waals surface area contributed by atoms with E-state index in [-0.39, 0.29) is 6.10 Å². The van der Waals surface area contributed by atoms with Crippen molar-refractivity contribution < 1.29 is 9.26 Å². The fraction of sp³-hybridized carbons (Fsp3) is 0.842. The zero-order valence-corrected chi connectivity index (χ0v) is 17.5. The van der Waals surface area contributed by atoms with Crippen LogP contribution < -0.4 is 10.6 Å². The van der Waals surface area contributed by atoms with E-state index < -0.39 is 0 Å².